The van der Waals surface area contributed by atoms with E-state index in [1.807, 2.05) is 0 Å². The number of hydrogen-bond acceptors (Lipinski definition) is 2. The Bertz CT molecular complexity index is 218. The third kappa shape index (κ3) is 605. The highest BCUT2D eigenvalue weighted by Crippen LogP contribution is 2.00. The molecule has 0 aromatic carbocycles. The second-order valence-electron chi connectivity index (χ2n) is 7.37. The van der Waals surface area contributed by atoms with E-state index in [-0.39, 0.29) is 0 Å². The van der Waals surface area contributed by atoms with Crippen molar-refractivity contribution < 1.29 is 30.0 Å². The standard InChI is InChI=1S/2C6H14.C4H10.C3H8.2CH2O3/c2*1-4-5-6(2)3;1-4(2)3;1-3-2;2*2-1(3)4/h2*6H,4-5H2,1-3H3;4H,1-3H3;3H2,1-2H3;2*(H2,2,3,4). The van der Waals surface area contributed by atoms with Crippen molar-refractivity contribution in [3.8, 4) is 0 Å². The molecule has 0 spiro atoms. The normalized spacial score (nSPS) is 8.22. The third-order valence-electron chi connectivity index (χ3n) is 1.73. The molecule has 0 aromatic rings. The number of carboxylic acid groups (broad SMARTS) is 4. The molecule has 0 amide bonds. The molecule has 6 nitrogen and oxygen atoms in total. The molecule has 4 N–H and O–H groups in total. The maximum absolute atomic E-state index is 8.56. The highest BCUT2D eigenvalue weighted by molar-refractivity contribution is 5.53. The average molecular weight is 399 g/mol. The minimum atomic E-state index is -1.83. The number of hydrogen-bond donors (Lipinski definition) is 4. The fourth-order valence-electron chi connectivity index (χ4n) is 1.15. The molecule has 0 aliphatic heterocycles. The lowest BCUT2D eigenvalue weighted by atomic mass is 10.1. The van der Waals surface area contributed by atoms with Crippen molar-refractivity contribution in [2.45, 2.75) is 108 Å². The first-order valence-electron chi connectivity index (χ1n) is 9.99. The summed E-state index contributed by atoms with van der Waals surface area (Å²) in [6.07, 6.45) is 3.00. The van der Waals surface area contributed by atoms with Crippen LogP contribution in [0.25, 0.3) is 0 Å². The predicted molar refractivity (Wildman–Crippen MR) is 117 cm³/mol. The van der Waals surface area contributed by atoms with Gasteiger partial charge in [0.2, 0.25) is 0 Å². The lowest BCUT2D eigenvalue weighted by Gasteiger charge is -1.95. The molecule has 0 unspecified atom stereocenters. The van der Waals surface area contributed by atoms with Gasteiger partial charge in [0.1, 0.15) is 0 Å². The average Bonchev–Trinajstić information content (AvgIpc) is 2.37. The molecule has 0 bridgehead atoms. The van der Waals surface area contributed by atoms with Gasteiger partial charge < -0.3 is 20.4 Å². The van der Waals surface area contributed by atoms with E-state index < -0.39 is 12.3 Å². The van der Waals surface area contributed by atoms with Gasteiger partial charge in [-0.05, 0) is 17.8 Å². The van der Waals surface area contributed by atoms with Crippen LogP contribution in [0.5, 0.6) is 0 Å². The maximum atomic E-state index is 8.56. The van der Waals surface area contributed by atoms with Crippen molar-refractivity contribution in [1.29, 1.82) is 0 Å². The molecule has 0 atom stereocenters. The van der Waals surface area contributed by atoms with Gasteiger partial charge in [0.05, 0.1) is 0 Å². The van der Waals surface area contributed by atoms with E-state index in [9.17, 15) is 0 Å². The summed E-state index contributed by atoms with van der Waals surface area (Å²) in [6, 6.07) is 0. The smallest absolute Gasteiger partial charge is 0.450 e. The van der Waals surface area contributed by atoms with Crippen molar-refractivity contribution in [2.24, 2.45) is 17.8 Å². The third-order valence-corrected chi connectivity index (χ3v) is 1.73. The highest BCUT2D eigenvalue weighted by Gasteiger charge is 1.86. The van der Waals surface area contributed by atoms with Crippen molar-refractivity contribution in [3.63, 3.8) is 0 Å². The predicted octanol–water partition coefficient (Wildman–Crippen LogP) is 8.41. The van der Waals surface area contributed by atoms with Crippen LogP contribution in [0.3, 0.4) is 0 Å². The Balaban J connectivity index is -0.0000000499. The first kappa shape index (κ1) is 40.3. The molecule has 0 aliphatic rings. The summed E-state index contributed by atoms with van der Waals surface area (Å²) in [6.45, 7) is 24.2. The Hall–Kier alpha value is -1.46. The van der Waals surface area contributed by atoms with E-state index in [2.05, 4.69) is 76.2 Å². The Morgan fingerprint density at radius 1 is 0.593 bits per heavy atom. The summed E-state index contributed by atoms with van der Waals surface area (Å²) >= 11 is 0. The van der Waals surface area contributed by atoms with Gasteiger partial charge in [0.15, 0.2) is 0 Å². The molecule has 0 fully saturated rings. The Kier molecular flexibility index (Phi) is 59.0. The molecule has 6 heteroatoms. The fourth-order valence-corrected chi connectivity index (χ4v) is 1.15. The summed E-state index contributed by atoms with van der Waals surface area (Å²) in [5.74, 6) is 2.63. The molecular formula is C21H50O6. The minimum absolute atomic E-state index is 0.833. The molecule has 0 rings (SSSR count). The lowest BCUT2D eigenvalue weighted by Crippen LogP contribution is -1.81. The molecule has 27 heavy (non-hydrogen) atoms. The summed E-state index contributed by atoms with van der Waals surface area (Å²) in [7, 11) is 0. The Morgan fingerprint density at radius 3 is 0.704 bits per heavy atom. The van der Waals surface area contributed by atoms with Gasteiger partial charge in [-0.15, -0.1) is 0 Å². The van der Waals surface area contributed by atoms with E-state index in [1.54, 1.807) is 0 Å². The zero-order chi connectivity index (χ0) is 23.4. The van der Waals surface area contributed by atoms with Gasteiger partial charge >= 0.3 is 12.3 Å². The van der Waals surface area contributed by atoms with Crippen molar-refractivity contribution >= 4 is 12.3 Å². The summed E-state index contributed by atoms with van der Waals surface area (Å²) < 4.78 is 0. The van der Waals surface area contributed by atoms with Crippen LogP contribution in [0.2, 0.25) is 0 Å². The van der Waals surface area contributed by atoms with E-state index in [0.29, 0.717) is 0 Å². The zero-order valence-corrected chi connectivity index (χ0v) is 19.9. The topological polar surface area (TPSA) is 115 Å². The van der Waals surface area contributed by atoms with Crippen LogP contribution >= 0.6 is 0 Å². The Labute approximate surface area is 169 Å². The van der Waals surface area contributed by atoms with Crippen molar-refractivity contribution in [1.82, 2.24) is 0 Å². The van der Waals surface area contributed by atoms with Gasteiger partial charge in [-0.25, -0.2) is 9.59 Å². The van der Waals surface area contributed by atoms with E-state index >= 15 is 0 Å². The molecule has 0 heterocycles. The summed E-state index contributed by atoms with van der Waals surface area (Å²) in [5, 5.41) is 27.9. The second-order valence-corrected chi connectivity index (χ2v) is 7.37. The van der Waals surface area contributed by atoms with Crippen LogP contribution in [0.4, 0.5) is 9.59 Å². The fraction of sp³-hybridized carbons (Fsp3) is 0.905. The first-order valence-corrected chi connectivity index (χ1v) is 9.99. The number of carbonyl (C=O) groups is 2. The molecule has 0 aliphatic carbocycles. The van der Waals surface area contributed by atoms with Gasteiger partial charge in [-0.2, -0.15) is 0 Å². The second kappa shape index (κ2) is 39.6. The van der Waals surface area contributed by atoms with Crippen LogP contribution in [0.15, 0.2) is 0 Å². The quantitative estimate of drug-likeness (QED) is 0.378. The summed E-state index contributed by atoms with van der Waals surface area (Å²) in [5.41, 5.74) is 0. The zero-order valence-electron chi connectivity index (χ0n) is 19.9. The highest BCUT2D eigenvalue weighted by atomic mass is 16.6. The van der Waals surface area contributed by atoms with Gasteiger partial charge in [0, 0.05) is 0 Å². The first-order chi connectivity index (χ1) is 12.2. The lowest BCUT2D eigenvalue weighted by molar-refractivity contribution is 0.135. The van der Waals surface area contributed by atoms with E-state index in [4.69, 9.17) is 30.0 Å². The van der Waals surface area contributed by atoms with Crippen LogP contribution in [-0.2, 0) is 0 Å². The van der Waals surface area contributed by atoms with E-state index in [1.165, 1.54) is 32.1 Å². The van der Waals surface area contributed by atoms with Gasteiger partial charge in [-0.1, -0.05) is 108 Å². The summed E-state index contributed by atoms with van der Waals surface area (Å²) in [4.78, 5) is 17.1. The van der Waals surface area contributed by atoms with Crippen molar-refractivity contribution in [3.05, 3.63) is 0 Å². The molecule has 0 saturated heterocycles. The van der Waals surface area contributed by atoms with E-state index in [0.717, 1.165) is 17.8 Å². The molecule has 170 valence electrons. The van der Waals surface area contributed by atoms with Crippen LogP contribution in [-0.4, -0.2) is 32.7 Å². The van der Waals surface area contributed by atoms with Crippen molar-refractivity contribution in [2.75, 3.05) is 0 Å². The number of rotatable bonds is 4. The van der Waals surface area contributed by atoms with Crippen LogP contribution in [0, 0.1) is 17.8 Å². The molecular weight excluding hydrogens is 348 g/mol. The molecule has 0 saturated carbocycles. The largest absolute Gasteiger partial charge is 0.503 e. The minimum Gasteiger partial charge on any atom is -0.450 e. The van der Waals surface area contributed by atoms with Gasteiger partial charge in [-0.3, -0.25) is 0 Å². The van der Waals surface area contributed by atoms with Crippen LogP contribution < -0.4 is 0 Å². The maximum Gasteiger partial charge on any atom is 0.503 e. The monoisotopic (exact) mass is 398 g/mol. The molecule has 0 radical (unpaired) electrons. The Morgan fingerprint density at radius 2 is 0.704 bits per heavy atom. The van der Waals surface area contributed by atoms with Gasteiger partial charge in [0.25, 0.3) is 0 Å². The van der Waals surface area contributed by atoms with Crippen LogP contribution in [0.1, 0.15) is 108 Å². The SMILES string of the molecule is CC(C)C.CCC.CCCC(C)C.CCCC(C)C.O=C(O)O.O=C(O)O. The molecule has 0 aromatic heterocycles.